The number of hydrazine groups is 1. The number of nitrogens with one attached hydrogen (secondary N) is 1. The lowest BCUT2D eigenvalue weighted by atomic mass is 9.94. The molecule has 2 aromatic rings. The molecule has 0 spiro atoms. The van der Waals surface area contributed by atoms with E-state index in [2.05, 4.69) is 85.5 Å². The molecule has 1 aliphatic rings. The zero-order chi connectivity index (χ0) is 35.0. The van der Waals surface area contributed by atoms with Gasteiger partial charge in [-0.2, -0.15) is 0 Å². The van der Waals surface area contributed by atoms with E-state index >= 15 is 0 Å². The number of rotatable bonds is 11. The molecule has 46 heavy (non-hydrogen) atoms. The van der Waals surface area contributed by atoms with Crippen molar-refractivity contribution in [2.24, 2.45) is 16.8 Å². The third kappa shape index (κ3) is 12.3. The number of carbonyl (C=O) groups excluding carboxylic acids is 1. The summed E-state index contributed by atoms with van der Waals surface area (Å²) in [7, 11) is 5.09. The number of benzene rings is 2. The van der Waals surface area contributed by atoms with Crippen LogP contribution < -0.4 is 14.9 Å². The molecular formula is C38H55BrClN3O3. The van der Waals surface area contributed by atoms with Crippen LogP contribution in [0.15, 0.2) is 75.5 Å². The van der Waals surface area contributed by atoms with Crippen molar-refractivity contribution in [1.29, 1.82) is 0 Å². The number of ketones is 1. The van der Waals surface area contributed by atoms with Crippen LogP contribution >= 0.6 is 27.5 Å². The summed E-state index contributed by atoms with van der Waals surface area (Å²) in [5.74, 6) is 3.74. The zero-order valence-electron chi connectivity index (χ0n) is 29.8. The van der Waals surface area contributed by atoms with Gasteiger partial charge < -0.3 is 9.47 Å². The average Bonchev–Trinajstić information content (AvgIpc) is 3.01. The van der Waals surface area contributed by atoms with E-state index in [0.717, 1.165) is 63.8 Å². The first-order chi connectivity index (χ1) is 21.8. The summed E-state index contributed by atoms with van der Waals surface area (Å²) in [4.78, 5) is 15.5. The Hall–Kier alpha value is -3.03. The Morgan fingerprint density at radius 3 is 2.13 bits per heavy atom. The van der Waals surface area contributed by atoms with Gasteiger partial charge in [0.1, 0.15) is 17.3 Å². The number of amidine groups is 1. The molecule has 0 saturated carbocycles. The molecule has 0 atom stereocenters. The van der Waals surface area contributed by atoms with Gasteiger partial charge in [0.2, 0.25) is 0 Å². The Balaban J connectivity index is 0.000000440. The summed E-state index contributed by atoms with van der Waals surface area (Å²) in [5.41, 5.74) is 9.43. The molecule has 1 N–H and O–H groups in total. The minimum atomic E-state index is -0.0210. The Morgan fingerprint density at radius 2 is 1.67 bits per heavy atom. The summed E-state index contributed by atoms with van der Waals surface area (Å²) < 4.78 is 11.8. The molecule has 1 heterocycles. The average molecular weight is 717 g/mol. The molecule has 0 bridgehead atoms. The number of halogens is 2. The van der Waals surface area contributed by atoms with Gasteiger partial charge in [-0.3, -0.25) is 20.2 Å². The van der Waals surface area contributed by atoms with Gasteiger partial charge in [-0.1, -0.05) is 95.4 Å². The van der Waals surface area contributed by atoms with Gasteiger partial charge in [0.25, 0.3) is 0 Å². The molecule has 2 aromatic carbocycles. The van der Waals surface area contributed by atoms with Crippen molar-refractivity contribution < 1.29 is 14.3 Å². The van der Waals surface area contributed by atoms with Crippen molar-refractivity contribution in [2.45, 2.75) is 87.5 Å². The lowest BCUT2D eigenvalue weighted by molar-refractivity contribution is 0.101. The van der Waals surface area contributed by atoms with Crippen molar-refractivity contribution in [2.75, 3.05) is 21.3 Å². The van der Waals surface area contributed by atoms with E-state index in [9.17, 15) is 4.79 Å². The molecule has 8 heteroatoms. The lowest BCUT2D eigenvalue weighted by Gasteiger charge is -2.34. The van der Waals surface area contributed by atoms with Crippen LogP contribution in [0, 0.1) is 11.8 Å². The first-order valence-corrected chi connectivity index (χ1v) is 17.3. The van der Waals surface area contributed by atoms with E-state index in [0.29, 0.717) is 16.5 Å². The maximum atomic E-state index is 11.2. The van der Waals surface area contributed by atoms with Crippen LogP contribution in [0.4, 0.5) is 0 Å². The summed E-state index contributed by atoms with van der Waals surface area (Å²) in [6.45, 7) is 21.1. The Kier molecular flexibility index (Phi) is 18.7. The number of hydrogen-bond acceptors (Lipinski definition) is 5. The van der Waals surface area contributed by atoms with Crippen LogP contribution in [-0.4, -0.2) is 37.9 Å². The molecule has 6 nitrogen and oxygen atoms in total. The van der Waals surface area contributed by atoms with Gasteiger partial charge in [-0.25, -0.2) is 0 Å². The molecule has 0 fully saturated rings. The van der Waals surface area contributed by atoms with Crippen LogP contribution in [-0.2, 0) is 12.8 Å². The van der Waals surface area contributed by atoms with Gasteiger partial charge in [-0.15, -0.1) is 0 Å². The van der Waals surface area contributed by atoms with Gasteiger partial charge in [-0.05, 0) is 79.7 Å². The second-order valence-electron chi connectivity index (χ2n) is 11.7. The second kappa shape index (κ2) is 21.0. The van der Waals surface area contributed by atoms with Gasteiger partial charge >= 0.3 is 0 Å². The van der Waals surface area contributed by atoms with E-state index < -0.39 is 0 Å². The maximum Gasteiger partial charge on any atom is 0.161 e. The maximum absolute atomic E-state index is 11.2. The fraction of sp³-hybridized carbons (Fsp3) is 0.474. The van der Waals surface area contributed by atoms with Gasteiger partial charge in [0.15, 0.2) is 5.78 Å². The van der Waals surface area contributed by atoms with Crippen LogP contribution in [0.2, 0.25) is 5.02 Å². The predicted octanol–water partition coefficient (Wildman–Crippen LogP) is 10.8. The molecule has 0 amide bonds. The van der Waals surface area contributed by atoms with E-state index in [1.165, 1.54) is 31.0 Å². The standard InChI is InChI=1S/C21H28BrN3O.C11H13ClO2.C6H14/c1-7-18(14(2)3)19(25-15(4)8-11-21(23-5)24-25)13-16-12-17(22)9-10-20(16)26-6;1-4-8-10(14-3)6-5-9(7(2)13)11(8)12;1-4-5-6(2)3/h8-12,14H,4,7,13H2,1-3,5-6H3,(H,23,24);5-6H,4H2,1-3H3;6H,4-5H2,1-3H3/b19-18-;;. The topological polar surface area (TPSA) is 63.2 Å². The number of allylic oxidation sites excluding steroid dienone is 3. The van der Waals surface area contributed by atoms with E-state index in [1.54, 1.807) is 33.4 Å². The van der Waals surface area contributed by atoms with E-state index in [1.807, 2.05) is 31.2 Å². The fourth-order valence-electron chi connectivity index (χ4n) is 5.16. The molecular weight excluding hydrogens is 662 g/mol. The summed E-state index contributed by atoms with van der Waals surface area (Å²) in [5, 5.41) is 2.57. The fourth-order valence-corrected chi connectivity index (χ4v) is 5.99. The quantitative estimate of drug-likeness (QED) is 0.235. The van der Waals surface area contributed by atoms with Crippen LogP contribution in [0.1, 0.15) is 96.1 Å². The second-order valence-corrected chi connectivity index (χ2v) is 13.0. The largest absolute Gasteiger partial charge is 0.496 e. The third-order valence-electron chi connectivity index (χ3n) is 7.53. The van der Waals surface area contributed by atoms with Gasteiger partial charge in [0, 0.05) is 40.3 Å². The summed E-state index contributed by atoms with van der Waals surface area (Å²) in [6.07, 6.45) is 9.10. The van der Waals surface area contributed by atoms with E-state index in [-0.39, 0.29) is 5.78 Å². The molecule has 0 saturated heterocycles. The molecule has 1 aliphatic heterocycles. The molecule has 0 aromatic heterocycles. The summed E-state index contributed by atoms with van der Waals surface area (Å²) >= 11 is 9.67. The molecule has 0 aliphatic carbocycles. The predicted molar refractivity (Wildman–Crippen MR) is 200 cm³/mol. The normalized spacial score (nSPS) is 13.8. The lowest BCUT2D eigenvalue weighted by Crippen LogP contribution is -2.43. The highest BCUT2D eigenvalue weighted by atomic mass is 79.9. The number of hydrogen-bond donors (Lipinski definition) is 1. The van der Waals surface area contributed by atoms with E-state index in [4.69, 9.17) is 21.1 Å². The highest BCUT2D eigenvalue weighted by molar-refractivity contribution is 9.10. The SMILES string of the molecule is C=C1C=CC(=NC)NN1/C(Cc1cc(Br)ccc1OC)=C(/CC)C(C)C.CCCC(C)C.CCc1c(OC)ccc(C(C)=O)c1Cl. The van der Waals surface area contributed by atoms with Crippen LogP contribution in [0.25, 0.3) is 0 Å². The highest BCUT2D eigenvalue weighted by Crippen LogP contribution is 2.32. The number of ether oxygens (including phenoxy) is 2. The summed E-state index contributed by atoms with van der Waals surface area (Å²) in [6, 6.07) is 9.58. The molecule has 0 radical (unpaired) electrons. The van der Waals surface area contributed by atoms with Crippen molar-refractivity contribution in [3.8, 4) is 11.5 Å². The van der Waals surface area contributed by atoms with Crippen LogP contribution in [0.5, 0.6) is 11.5 Å². The molecule has 3 rings (SSSR count). The Morgan fingerprint density at radius 1 is 1.04 bits per heavy atom. The Labute approximate surface area is 292 Å². The zero-order valence-corrected chi connectivity index (χ0v) is 32.2. The van der Waals surface area contributed by atoms with Crippen molar-refractivity contribution in [1.82, 2.24) is 10.4 Å². The van der Waals surface area contributed by atoms with Crippen molar-refractivity contribution in [3.05, 3.63) is 92.2 Å². The molecule has 254 valence electrons. The third-order valence-corrected chi connectivity index (χ3v) is 8.45. The highest BCUT2D eigenvalue weighted by Gasteiger charge is 2.23. The first-order valence-electron chi connectivity index (χ1n) is 16.1. The van der Waals surface area contributed by atoms with Crippen molar-refractivity contribution >= 4 is 39.1 Å². The molecule has 0 unspecified atom stereocenters. The number of methoxy groups -OCH3 is 2. The first kappa shape index (κ1) is 41.0. The number of aliphatic imine (C=N–C) groups is 1. The Bertz CT molecular complexity index is 1400. The number of carbonyl (C=O) groups is 1. The van der Waals surface area contributed by atoms with Crippen molar-refractivity contribution in [3.63, 3.8) is 0 Å². The number of nitrogens with zero attached hydrogens (tertiary/aromatic N) is 2. The minimum absolute atomic E-state index is 0.0210. The smallest absolute Gasteiger partial charge is 0.161 e. The van der Waals surface area contributed by atoms with Gasteiger partial charge in [0.05, 0.1) is 24.9 Å². The monoisotopic (exact) mass is 715 g/mol. The number of Topliss-reactive ketones (excluding diaryl/α,β-unsaturated/α-hetero) is 1. The minimum Gasteiger partial charge on any atom is -0.496 e. The van der Waals surface area contributed by atoms with Crippen LogP contribution in [0.3, 0.4) is 0 Å².